The number of methoxy groups -OCH3 is 1. The van der Waals surface area contributed by atoms with E-state index in [9.17, 15) is 0 Å². The topological polar surface area (TPSA) is 71.1 Å². The molecule has 0 aliphatic rings. The summed E-state index contributed by atoms with van der Waals surface area (Å²) in [5, 5.41) is 12.4. The van der Waals surface area contributed by atoms with E-state index in [4.69, 9.17) is 15.7 Å². The highest BCUT2D eigenvalue weighted by Crippen LogP contribution is 2.23. The molecular formula is C14H21N3O. The van der Waals surface area contributed by atoms with Crippen LogP contribution in [0.1, 0.15) is 25.8 Å². The fraction of sp³-hybridized carbons (Fsp3) is 0.500. The summed E-state index contributed by atoms with van der Waals surface area (Å²) < 4.78 is 5.17. The largest absolute Gasteiger partial charge is 0.497 e. The number of nitrogens with two attached hydrogens (primary N) is 1. The van der Waals surface area contributed by atoms with Crippen molar-refractivity contribution in [3.05, 3.63) is 23.8 Å². The van der Waals surface area contributed by atoms with Gasteiger partial charge in [-0.15, -0.1) is 0 Å². The molecule has 0 fully saturated rings. The minimum absolute atomic E-state index is 0.171. The first-order chi connectivity index (χ1) is 8.60. The van der Waals surface area contributed by atoms with Crippen LogP contribution in [-0.4, -0.2) is 19.7 Å². The van der Waals surface area contributed by atoms with E-state index in [1.165, 1.54) is 0 Å². The van der Waals surface area contributed by atoms with Crippen molar-refractivity contribution in [2.45, 2.75) is 26.3 Å². The van der Waals surface area contributed by atoms with Crippen LogP contribution >= 0.6 is 0 Å². The molecule has 0 aliphatic carbocycles. The van der Waals surface area contributed by atoms with Crippen LogP contribution in [0, 0.1) is 17.2 Å². The van der Waals surface area contributed by atoms with Gasteiger partial charge in [-0.2, -0.15) is 5.26 Å². The Morgan fingerprint density at radius 2 is 2.17 bits per heavy atom. The van der Waals surface area contributed by atoms with E-state index in [-0.39, 0.29) is 6.04 Å². The third kappa shape index (κ3) is 3.94. The number of hydrogen-bond donors (Lipinski definition) is 2. The molecule has 1 aromatic rings. The fourth-order valence-corrected chi connectivity index (χ4v) is 1.87. The zero-order chi connectivity index (χ0) is 13.5. The molecule has 1 unspecified atom stereocenters. The molecule has 1 rings (SSSR count). The van der Waals surface area contributed by atoms with Crippen molar-refractivity contribution >= 4 is 5.69 Å². The molecule has 0 bridgehead atoms. The van der Waals surface area contributed by atoms with Gasteiger partial charge in [0, 0.05) is 18.7 Å². The molecule has 0 aliphatic heterocycles. The van der Waals surface area contributed by atoms with Crippen LogP contribution in [0.4, 0.5) is 5.69 Å². The van der Waals surface area contributed by atoms with E-state index in [0.717, 1.165) is 17.9 Å². The quantitative estimate of drug-likeness (QED) is 0.809. The number of benzene rings is 1. The van der Waals surface area contributed by atoms with E-state index in [1.54, 1.807) is 19.2 Å². The van der Waals surface area contributed by atoms with E-state index < -0.39 is 0 Å². The second-order valence-corrected chi connectivity index (χ2v) is 4.73. The lowest BCUT2D eigenvalue weighted by Gasteiger charge is -2.21. The van der Waals surface area contributed by atoms with Crippen molar-refractivity contribution in [3.63, 3.8) is 0 Å². The highest BCUT2D eigenvalue weighted by Gasteiger charge is 2.12. The summed E-state index contributed by atoms with van der Waals surface area (Å²) in [5.74, 6) is 1.29. The summed E-state index contributed by atoms with van der Waals surface area (Å²) in [7, 11) is 1.61. The number of nitriles is 1. The van der Waals surface area contributed by atoms with Gasteiger partial charge >= 0.3 is 0 Å². The Morgan fingerprint density at radius 3 is 2.67 bits per heavy atom. The first kappa shape index (κ1) is 14.3. The summed E-state index contributed by atoms with van der Waals surface area (Å²) in [5.41, 5.74) is 7.15. The van der Waals surface area contributed by atoms with Crippen molar-refractivity contribution in [2.75, 3.05) is 19.0 Å². The number of nitrogens with zero attached hydrogens (tertiary/aromatic N) is 1. The summed E-state index contributed by atoms with van der Waals surface area (Å²) >= 11 is 0. The second-order valence-electron chi connectivity index (χ2n) is 4.73. The molecule has 98 valence electrons. The van der Waals surface area contributed by atoms with Crippen molar-refractivity contribution in [1.82, 2.24) is 0 Å². The van der Waals surface area contributed by atoms with Gasteiger partial charge in [0.1, 0.15) is 11.8 Å². The molecular weight excluding hydrogens is 226 g/mol. The van der Waals surface area contributed by atoms with Crippen molar-refractivity contribution in [2.24, 2.45) is 11.7 Å². The molecule has 1 aromatic carbocycles. The Labute approximate surface area is 109 Å². The standard InChI is InChI=1S/C14H21N3O/c1-10(2)6-12(9-16)17-14-7-13(18-3)5-4-11(14)8-15/h4-5,7,10,12,17H,6,9,16H2,1-3H3. The maximum atomic E-state index is 9.09. The number of nitrogens with one attached hydrogen (secondary N) is 1. The zero-order valence-electron chi connectivity index (χ0n) is 11.2. The van der Waals surface area contributed by atoms with Crippen molar-refractivity contribution < 1.29 is 4.74 Å². The Hall–Kier alpha value is -1.73. The lowest BCUT2D eigenvalue weighted by molar-refractivity contribution is 0.415. The minimum Gasteiger partial charge on any atom is -0.497 e. The van der Waals surface area contributed by atoms with Crippen LogP contribution in [0.15, 0.2) is 18.2 Å². The van der Waals surface area contributed by atoms with Crippen LogP contribution in [0.25, 0.3) is 0 Å². The lowest BCUT2D eigenvalue weighted by Crippen LogP contribution is -2.30. The predicted octanol–water partition coefficient (Wildman–Crippen LogP) is 2.35. The molecule has 0 aromatic heterocycles. The Bertz CT molecular complexity index is 424. The normalized spacial score (nSPS) is 12.0. The molecule has 1 atom stereocenters. The molecule has 0 saturated carbocycles. The van der Waals surface area contributed by atoms with Gasteiger partial charge in [-0.25, -0.2) is 0 Å². The molecule has 0 heterocycles. The van der Waals surface area contributed by atoms with Crippen molar-refractivity contribution in [3.8, 4) is 11.8 Å². The van der Waals surface area contributed by atoms with E-state index in [2.05, 4.69) is 25.2 Å². The first-order valence-electron chi connectivity index (χ1n) is 6.15. The van der Waals surface area contributed by atoms with Gasteiger partial charge in [-0.1, -0.05) is 13.8 Å². The Morgan fingerprint density at radius 1 is 1.44 bits per heavy atom. The van der Waals surface area contributed by atoms with Crippen LogP contribution in [0.5, 0.6) is 5.75 Å². The monoisotopic (exact) mass is 247 g/mol. The molecule has 4 nitrogen and oxygen atoms in total. The highest BCUT2D eigenvalue weighted by molar-refractivity contribution is 5.60. The van der Waals surface area contributed by atoms with Gasteiger partial charge in [-0.3, -0.25) is 0 Å². The number of hydrogen-bond acceptors (Lipinski definition) is 4. The third-order valence-electron chi connectivity index (χ3n) is 2.75. The molecule has 18 heavy (non-hydrogen) atoms. The zero-order valence-corrected chi connectivity index (χ0v) is 11.2. The highest BCUT2D eigenvalue weighted by atomic mass is 16.5. The van der Waals surface area contributed by atoms with E-state index >= 15 is 0 Å². The Kier molecular flexibility index (Phi) is 5.47. The molecule has 0 amide bonds. The van der Waals surface area contributed by atoms with Crippen molar-refractivity contribution in [1.29, 1.82) is 5.26 Å². The number of ether oxygens (including phenoxy) is 1. The van der Waals surface area contributed by atoms with Gasteiger partial charge in [0.25, 0.3) is 0 Å². The molecule has 0 spiro atoms. The van der Waals surface area contributed by atoms with E-state index in [1.807, 2.05) is 6.07 Å². The SMILES string of the molecule is COc1ccc(C#N)c(NC(CN)CC(C)C)c1. The van der Waals surface area contributed by atoms with Gasteiger partial charge in [0.05, 0.1) is 18.4 Å². The first-order valence-corrected chi connectivity index (χ1v) is 6.15. The Balaban J connectivity index is 2.90. The third-order valence-corrected chi connectivity index (χ3v) is 2.75. The fourth-order valence-electron chi connectivity index (χ4n) is 1.87. The van der Waals surface area contributed by atoms with Gasteiger partial charge in [-0.05, 0) is 24.5 Å². The predicted molar refractivity (Wildman–Crippen MR) is 73.6 cm³/mol. The molecule has 0 saturated heterocycles. The molecule has 3 N–H and O–H groups in total. The average molecular weight is 247 g/mol. The van der Waals surface area contributed by atoms with Crippen LogP contribution in [0.3, 0.4) is 0 Å². The minimum atomic E-state index is 0.171. The molecule has 0 radical (unpaired) electrons. The summed E-state index contributed by atoms with van der Waals surface area (Å²) in [6.45, 7) is 4.85. The maximum Gasteiger partial charge on any atom is 0.121 e. The average Bonchev–Trinajstić information content (AvgIpc) is 2.37. The number of rotatable bonds is 6. The summed E-state index contributed by atoms with van der Waals surface area (Å²) in [4.78, 5) is 0. The van der Waals surface area contributed by atoms with Gasteiger partial charge in [0.2, 0.25) is 0 Å². The second kappa shape index (κ2) is 6.87. The van der Waals surface area contributed by atoms with Gasteiger partial charge in [0.15, 0.2) is 0 Å². The van der Waals surface area contributed by atoms with Crippen LogP contribution in [0.2, 0.25) is 0 Å². The van der Waals surface area contributed by atoms with Crippen LogP contribution in [-0.2, 0) is 0 Å². The maximum absolute atomic E-state index is 9.09. The summed E-state index contributed by atoms with van der Waals surface area (Å²) in [6, 6.07) is 7.71. The van der Waals surface area contributed by atoms with Gasteiger partial charge < -0.3 is 15.8 Å². The molecule has 4 heteroatoms. The van der Waals surface area contributed by atoms with E-state index in [0.29, 0.717) is 18.0 Å². The smallest absolute Gasteiger partial charge is 0.121 e. The van der Waals surface area contributed by atoms with Crippen LogP contribution < -0.4 is 15.8 Å². The lowest BCUT2D eigenvalue weighted by atomic mass is 10.0. The summed E-state index contributed by atoms with van der Waals surface area (Å²) in [6.07, 6.45) is 0.971. The number of anilines is 1.